The number of nitrogens with zero attached hydrogens (tertiary/aromatic N) is 2. The lowest BCUT2D eigenvalue weighted by atomic mass is 10.1. The largest absolute Gasteiger partial charge is 0.477 e. The van der Waals surface area contributed by atoms with E-state index >= 15 is 0 Å². The van der Waals surface area contributed by atoms with Gasteiger partial charge >= 0.3 is 5.97 Å². The predicted octanol–water partition coefficient (Wildman–Crippen LogP) is 3.59. The first kappa shape index (κ1) is 14.3. The average molecular weight is 282 g/mol. The van der Waals surface area contributed by atoms with E-state index in [4.69, 9.17) is 0 Å². The van der Waals surface area contributed by atoms with Crippen LogP contribution in [-0.2, 0) is 0 Å². The summed E-state index contributed by atoms with van der Waals surface area (Å²) in [6.07, 6.45) is 2.58. The summed E-state index contributed by atoms with van der Waals surface area (Å²) in [4.78, 5) is 18.6. The Morgan fingerprint density at radius 1 is 1.42 bits per heavy atom. The minimum Gasteiger partial charge on any atom is -0.477 e. The number of aromatic carboxylic acids is 1. The van der Waals surface area contributed by atoms with Gasteiger partial charge in [0.1, 0.15) is 4.88 Å². The van der Waals surface area contributed by atoms with Crippen molar-refractivity contribution in [3.63, 3.8) is 0 Å². The molecular formula is C14H22N2O2S. The molecule has 1 fully saturated rings. The Hall–Kier alpha value is -1.10. The fraction of sp³-hybridized carbons (Fsp3) is 0.714. The molecule has 1 aromatic rings. The van der Waals surface area contributed by atoms with Crippen molar-refractivity contribution in [2.75, 3.05) is 11.4 Å². The fourth-order valence-electron chi connectivity index (χ4n) is 2.08. The second-order valence-corrected chi connectivity index (χ2v) is 6.84. The van der Waals surface area contributed by atoms with Gasteiger partial charge in [0.25, 0.3) is 0 Å². The van der Waals surface area contributed by atoms with Gasteiger partial charge in [-0.1, -0.05) is 25.2 Å². The molecule has 0 radical (unpaired) electrons. The third kappa shape index (κ3) is 3.26. The molecule has 0 amide bonds. The molecule has 0 unspecified atom stereocenters. The lowest BCUT2D eigenvalue weighted by Gasteiger charge is -2.26. The molecular weight excluding hydrogens is 260 g/mol. The number of hydrogen-bond donors (Lipinski definition) is 1. The fourth-order valence-corrected chi connectivity index (χ4v) is 3.28. The quantitative estimate of drug-likeness (QED) is 0.866. The zero-order valence-corrected chi connectivity index (χ0v) is 12.8. The molecule has 1 saturated carbocycles. The molecule has 2 rings (SSSR count). The van der Waals surface area contributed by atoms with Crippen molar-refractivity contribution in [3.05, 3.63) is 10.6 Å². The number of carbonyl (C=O) groups is 1. The standard InChI is InChI=1S/C14H22N2O2S/c1-8(2)11-12(13(17)18)19-14(15-11)16(9(3)4)7-10-5-6-10/h8-10H,5-7H2,1-4H3,(H,17,18). The molecule has 1 N–H and O–H groups in total. The molecule has 0 spiro atoms. The van der Waals surface area contributed by atoms with Crippen molar-refractivity contribution in [1.82, 2.24) is 4.98 Å². The molecule has 0 bridgehead atoms. The van der Waals surface area contributed by atoms with E-state index in [2.05, 4.69) is 23.7 Å². The summed E-state index contributed by atoms with van der Waals surface area (Å²) < 4.78 is 0. The highest BCUT2D eigenvalue weighted by molar-refractivity contribution is 7.17. The number of rotatable bonds is 6. The van der Waals surface area contributed by atoms with Gasteiger partial charge in [0.15, 0.2) is 5.13 Å². The molecule has 1 aliphatic carbocycles. The van der Waals surface area contributed by atoms with E-state index in [1.165, 1.54) is 24.2 Å². The molecule has 19 heavy (non-hydrogen) atoms. The summed E-state index contributed by atoms with van der Waals surface area (Å²) in [7, 11) is 0. The second kappa shape index (κ2) is 5.49. The van der Waals surface area contributed by atoms with Gasteiger partial charge in [-0.25, -0.2) is 9.78 Å². The highest BCUT2D eigenvalue weighted by atomic mass is 32.1. The second-order valence-electron chi connectivity index (χ2n) is 5.86. The number of carboxylic acid groups (broad SMARTS) is 1. The molecule has 1 heterocycles. The summed E-state index contributed by atoms with van der Waals surface area (Å²) in [5.74, 6) is 0.0516. The number of aromatic nitrogens is 1. The van der Waals surface area contributed by atoms with E-state index in [1.807, 2.05) is 13.8 Å². The third-order valence-electron chi connectivity index (χ3n) is 3.40. The first-order chi connectivity index (χ1) is 8.90. The van der Waals surface area contributed by atoms with Crippen LogP contribution in [0.25, 0.3) is 0 Å². The van der Waals surface area contributed by atoms with Gasteiger partial charge in [-0.05, 0) is 38.5 Å². The SMILES string of the molecule is CC(C)c1nc(N(CC2CC2)C(C)C)sc1C(=O)O. The Morgan fingerprint density at radius 2 is 2.05 bits per heavy atom. The zero-order chi connectivity index (χ0) is 14.2. The summed E-state index contributed by atoms with van der Waals surface area (Å²) in [5, 5.41) is 10.2. The molecule has 0 atom stereocenters. The van der Waals surface area contributed by atoms with Crippen LogP contribution in [0.15, 0.2) is 0 Å². The van der Waals surface area contributed by atoms with Crippen LogP contribution in [0.3, 0.4) is 0 Å². The van der Waals surface area contributed by atoms with Crippen molar-refractivity contribution in [3.8, 4) is 0 Å². The highest BCUT2D eigenvalue weighted by Crippen LogP contribution is 2.36. The Kier molecular flexibility index (Phi) is 4.13. The van der Waals surface area contributed by atoms with Gasteiger partial charge in [0.05, 0.1) is 5.69 Å². The van der Waals surface area contributed by atoms with Crippen LogP contribution in [0.2, 0.25) is 0 Å². The summed E-state index contributed by atoms with van der Waals surface area (Å²) in [6, 6.07) is 0.355. The molecule has 4 nitrogen and oxygen atoms in total. The molecule has 0 aliphatic heterocycles. The van der Waals surface area contributed by atoms with Crippen LogP contribution in [-0.4, -0.2) is 28.6 Å². The third-order valence-corrected chi connectivity index (χ3v) is 4.50. The smallest absolute Gasteiger partial charge is 0.347 e. The maximum atomic E-state index is 11.3. The van der Waals surface area contributed by atoms with E-state index in [0.717, 1.165) is 17.6 Å². The van der Waals surface area contributed by atoms with Crippen molar-refractivity contribution in [2.45, 2.75) is 52.5 Å². The lowest BCUT2D eigenvalue weighted by Crippen LogP contribution is -2.32. The van der Waals surface area contributed by atoms with E-state index in [-0.39, 0.29) is 5.92 Å². The highest BCUT2D eigenvalue weighted by Gasteiger charge is 2.29. The van der Waals surface area contributed by atoms with Crippen LogP contribution < -0.4 is 4.90 Å². The minimum atomic E-state index is -0.859. The molecule has 0 aromatic carbocycles. The van der Waals surface area contributed by atoms with Crippen molar-refractivity contribution in [1.29, 1.82) is 0 Å². The Morgan fingerprint density at radius 3 is 2.42 bits per heavy atom. The molecule has 0 saturated heterocycles. The lowest BCUT2D eigenvalue weighted by molar-refractivity contribution is 0.0700. The first-order valence-electron chi connectivity index (χ1n) is 6.90. The normalized spacial score (nSPS) is 15.3. The number of hydrogen-bond acceptors (Lipinski definition) is 4. The molecule has 1 aliphatic rings. The molecule has 1 aromatic heterocycles. The van der Waals surface area contributed by atoms with Crippen LogP contribution >= 0.6 is 11.3 Å². The number of anilines is 1. The van der Waals surface area contributed by atoms with Gasteiger partial charge in [0.2, 0.25) is 0 Å². The summed E-state index contributed by atoms with van der Waals surface area (Å²) in [6.45, 7) is 9.26. The minimum absolute atomic E-state index is 0.144. The topological polar surface area (TPSA) is 53.4 Å². The van der Waals surface area contributed by atoms with Crippen molar-refractivity contribution < 1.29 is 9.90 Å². The van der Waals surface area contributed by atoms with Gasteiger partial charge in [-0.2, -0.15) is 0 Å². The zero-order valence-electron chi connectivity index (χ0n) is 12.0. The van der Waals surface area contributed by atoms with Crippen LogP contribution in [0.5, 0.6) is 0 Å². The van der Waals surface area contributed by atoms with E-state index in [9.17, 15) is 9.90 Å². The van der Waals surface area contributed by atoms with Crippen molar-refractivity contribution in [2.24, 2.45) is 5.92 Å². The van der Waals surface area contributed by atoms with Crippen LogP contribution in [0.4, 0.5) is 5.13 Å². The number of thiazole rings is 1. The Balaban J connectivity index is 2.31. The van der Waals surface area contributed by atoms with Crippen LogP contribution in [0.1, 0.15) is 61.8 Å². The first-order valence-corrected chi connectivity index (χ1v) is 7.72. The van der Waals surface area contributed by atoms with Gasteiger partial charge in [-0.3, -0.25) is 0 Å². The van der Waals surface area contributed by atoms with E-state index in [1.54, 1.807) is 0 Å². The molecule has 5 heteroatoms. The summed E-state index contributed by atoms with van der Waals surface area (Å²) >= 11 is 1.32. The Labute approximate surface area is 118 Å². The van der Waals surface area contributed by atoms with Gasteiger partial charge in [-0.15, -0.1) is 0 Å². The number of carboxylic acids is 1. The monoisotopic (exact) mass is 282 g/mol. The maximum Gasteiger partial charge on any atom is 0.347 e. The van der Waals surface area contributed by atoms with Crippen molar-refractivity contribution >= 4 is 22.4 Å². The maximum absolute atomic E-state index is 11.3. The van der Waals surface area contributed by atoms with Gasteiger partial charge in [0, 0.05) is 12.6 Å². The Bertz CT molecular complexity index is 464. The van der Waals surface area contributed by atoms with E-state index in [0.29, 0.717) is 16.6 Å². The van der Waals surface area contributed by atoms with Crippen LogP contribution in [0, 0.1) is 5.92 Å². The average Bonchev–Trinajstić information content (AvgIpc) is 3.01. The predicted molar refractivity (Wildman–Crippen MR) is 78.4 cm³/mol. The van der Waals surface area contributed by atoms with Gasteiger partial charge < -0.3 is 10.0 Å². The summed E-state index contributed by atoms with van der Waals surface area (Å²) in [5.41, 5.74) is 0.717. The van der Waals surface area contributed by atoms with E-state index < -0.39 is 5.97 Å². The molecule has 106 valence electrons.